The van der Waals surface area contributed by atoms with Crippen molar-refractivity contribution in [3.05, 3.63) is 143 Å². The minimum atomic E-state index is -3.64. The molecule has 4 aromatic carbocycles. The summed E-state index contributed by atoms with van der Waals surface area (Å²) in [6.45, 7) is 3.78. The normalized spacial score (nSPS) is 15.4. The number of rotatable bonds is 11. The maximum Gasteiger partial charge on any atom is 0.243 e. The van der Waals surface area contributed by atoms with Gasteiger partial charge in [0.1, 0.15) is 5.75 Å². The molecule has 61 heavy (non-hydrogen) atoms. The number of piperazine rings is 2. The standard InChI is InChI=1S/C21H21Cl2N3O3S2.C20H18Cl3N3O2S2/c1-29-19-4-2-15(3-5-19)10-18-14-30-21(24-18)25-6-8-26(9-7-25)31(27,28)20-12-16(22)11-17(23)13-20;21-15-3-1-14(2-4-15)9-18-13-29-20(24-18)25-5-7-26(8-6-25)30(27,28)19-11-16(22)10-17(23)12-19/h2-5,11-14H,6-10H2,1H3;1-4,10-13H,5-9H2. The van der Waals surface area contributed by atoms with Gasteiger partial charge in [-0.3, -0.25) is 0 Å². The Morgan fingerprint density at radius 2 is 0.885 bits per heavy atom. The Morgan fingerprint density at radius 3 is 1.25 bits per heavy atom. The van der Waals surface area contributed by atoms with Gasteiger partial charge in [0, 0.05) is 101 Å². The first kappa shape index (κ1) is 45.8. The number of ether oxygens (including phenoxy) is 1. The van der Waals surface area contributed by atoms with Crippen LogP contribution in [-0.4, -0.2) is 94.9 Å². The number of hydrogen-bond donors (Lipinski definition) is 0. The quantitative estimate of drug-likeness (QED) is 0.125. The van der Waals surface area contributed by atoms with Gasteiger partial charge >= 0.3 is 0 Å². The topological polar surface area (TPSA) is 116 Å². The molecule has 8 rings (SSSR count). The summed E-state index contributed by atoms with van der Waals surface area (Å²) in [6, 6.07) is 24.4. The van der Waals surface area contributed by atoms with Gasteiger partial charge in [-0.15, -0.1) is 22.7 Å². The summed E-state index contributed by atoms with van der Waals surface area (Å²) in [6.07, 6.45) is 1.47. The van der Waals surface area contributed by atoms with Crippen LogP contribution in [0.3, 0.4) is 0 Å². The van der Waals surface area contributed by atoms with Gasteiger partial charge in [0.2, 0.25) is 20.0 Å². The number of methoxy groups -OCH3 is 1. The highest BCUT2D eigenvalue weighted by molar-refractivity contribution is 7.89. The number of aromatic nitrogens is 2. The van der Waals surface area contributed by atoms with Gasteiger partial charge in [-0.1, -0.05) is 82.3 Å². The van der Waals surface area contributed by atoms with E-state index in [1.54, 1.807) is 29.8 Å². The largest absolute Gasteiger partial charge is 0.497 e. The molecule has 4 heterocycles. The van der Waals surface area contributed by atoms with E-state index in [-0.39, 0.29) is 9.79 Å². The Balaban J connectivity index is 0.000000184. The van der Waals surface area contributed by atoms with E-state index >= 15 is 0 Å². The Kier molecular flexibility index (Phi) is 15.1. The monoisotopic (exact) mass is 998 g/mol. The van der Waals surface area contributed by atoms with Crippen molar-refractivity contribution in [2.24, 2.45) is 0 Å². The fraction of sp³-hybridized carbons (Fsp3) is 0.268. The summed E-state index contributed by atoms with van der Waals surface area (Å²) in [5.41, 5.74) is 4.29. The predicted octanol–water partition coefficient (Wildman–Crippen LogP) is 9.77. The fourth-order valence-corrected chi connectivity index (χ4v) is 12.9. The molecule has 0 aliphatic carbocycles. The molecule has 2 aliphatic heterocycles. The zero-order valence-corrected chi connectivity index (χ0v) is 39.6. The highest BCUT2D eigenvalue weighted by Crippen LogP contribution is 2.30. The third kappa shape index (κ3) is 11.7. The van der Waals surface area contributed by atoms with Crippen LogP contribution in [0.5, 0.6) is 5.75 Å². The summed E-state index contributed by atoms with van der Waals surface area (Å²) < 4.78 is 59.9. The molecule has 0 amide bonds. The van der Waals surface area contributed by atoms with Crippen LogP contribution in [-0.2, 0) is 32.9 Å². The van der Waals surface area contributed by atoms with Crippen molar-refractivity contribution in [2.75, 3.05) is 69.3 Å². The van der Waals surface area contributed by atoms with E-state index in [9.17, 15) is 16.8 Å². The Bertz CT molecular complexity index is 2630. The SMILES string of the molecule is COc1ccc(Cc2csc(N3CCN(S(=O)(=O)c4cc(Cl)cc(Cl)c4)CC3)n2)cc1.O=S(=O)(c1cc(Cl)cc(Cl)c1)N1CCN(c2nc(Cc3ccc(Cl)cc3)cs2)CC1. The third-order valence-electron chi connectivity index (χ3n) is 9.89. The second kappa shape index (κ2) is 20.1. The molecule has 0 N–H and O–H groups in total. The average molecular weight is 1000 g/mol. The molecule has 2 aromatic heterocycles. The number of sulfonamides is 2. The van der Waals surface area contributed by atoms with Gasteiger partial charge in [0.25, 0.3) is 0 Å². The summed E-state index contributed by atoms with van der Waals surface area (Å²) in [4.78, 5) is 14.0. The fourth-order valence-electron chi connectivity index (χ4n) is 6.70. The molecule has 6 aromatic rings. The lowest BCUT2D eigenvalue weighted by molar-refractivity contribution is 0.384. The Morgan fingerprint density at radius 1 is 0.525 bits per heavy atom. The first-order chi connectivity index (χ1) is 29.2. The number of hydrogen-bond acceptors (Lipinski definition) is 11. The van der Waals surface area contributed by atoms with Gasteiger partial charge in [-0.05, 0) is 71.8 Å². The molecule has 0 saturated carbocycles. The van der Waals surface area contributed by atoms with Crippen molar-refractivity contribution in [1.29, 1.82) is 0 Å². The number of benzene rings is 4. The van der Waals surface area contributed by atoms with E-state index in [2.05, 4.69) is 15.2 Å². The molecule has 0 unspecified atom stereocenters. The van der Waals surface area contributed by atoms with Crippen LogP contribution in [0.1, 0.15) is 22.5 Å². The minimum absolute atomic E-state index is 0.118. The van der Waals surface area contributed by atoms with Crippen molar-refractivity contribution in [1.82, 2.24) is 18.6 Å². The van der Waals surface area contributed by atoms with Gasteiger partial charge in [-0.2, -0.15) is 8.61 Å². The number of anilines is 2. The van der Waals surface area contributed by atoms with Crippen molar-refractivity contribution in [2.45, 2.75) is 22.6 Å². The van der Waals surface area contributed by atoms with Gasteiger partial charge in [-0.25, -0.2) is 26.8 Å². The lowest BCUT2D eigenvalue weighted by Gasteiger charge is -2.33. The maximum atomic E-state index is 13.0. The lowest BCUT2D eigenvalue weighted by atomic mass is 10.1. The maximum absolute atomic E-state index is 13.0. The number of thiazole rings is 2. The predicted molar refractivity (Wildman–Crippen MR) is 249 cm³/mol. The third-order valence-corrected chi connectivity index (χ3v) is 16.7. The van der Waals surface area contributed by atoms with Crippen LogP contribution in [0.2, 0.25) is 25.1 Å². The van der Waals surface area contributed by atoms with Crippen molar-refractivity contribution >= 4 is 111 Å². The van der Waals surface area contributed by atoms with Gasteiger partial charge in [0.05, 0.1) is 28.3 Å². The molecule has 2 saturated heterocycles. The highest BCUT2D eigenvalue weighted by atomic mass is 35.5. The van der Waals surface area contributed by atoms with Crippen LogP contribution < -0.4 is 14.5 Å². The van der Waals surface area contributed by atoms with E-state index in [1.165, 1.54) is 45.0 Å². The lowest BCUT2D eigenvalue weighted by Crippen LogP contribution is -2.48. The van der Waals surface area contributed by atoms with E-state index in [4.69, 9.17) is 72.7 Å². The Hall–Kier alpha value is -3.19. The van der Waals surface area contributed by atoms with Crippen molar-refractivity contribution in [3.8, 4) is 5.75 Å². The molecular weight excluding hydrogens is 962 g/mol. The second-order valence-corrected chi connectivity index (χ2v) is 21.8. The van der Waals surface area contributed by atoms with Gasteiger partial charge < -0.3 is 14.5 Å². The first-order valence-electron chi connectivity index (χ1n) is 18.8. The first-order valence-corrected chi connectivity index (χ1v) is 25.4. The minimum Gasteiger partial charge on any atom is -0.497 e. The van der Waals surface area contributed by atoms with Crippen LogP contribution in [0.15, 0.2) is 105 Å². The zero-order valence-electron chi connectivity index (χ0n) is 32.6. The van der Waals surface area contributed by atoms with Crippen molar-refractivity contribution in [3.63, 3.8) is 0 Å². The van der Waals surface area contributed by atoms with E-state index < -0.39 is 20.0 Å². The molecule has 20 heteroatoms. The summed E-state index contributed by atoms with van der Waals surface area (Å²) in [5, 5.41) is 7.83. The molecule has 11 nitrogen and oxygen atoms in total. The molecular formula is C41H39Cl5N6O5S4. The van der Waals surface area contributed by atoms with Crippen LogP contribution >= 0.6 is 80.7 Å². The van der Waals surface area contributed by atoms with Gasteiger partial charge in [0.15, 0.2) is 10.3 Å². The smallest absolute Gasteiger partial charge is 0.243 e. The molecule has 0 atom stereocenters. The summed E-state index contributed by atoms with van der Waals surface area (Å²) >= 11 is 33.0. The number of halogens is 5. The molecule has 0 spiro atoms. The second-order valence-electron chi connectivity index (χ2n) is 14.1. The van der Waals surface area contributed by atoms with E-state index in [0.29, 0.717) is 77.5 Å². The number of nitrogens with zero attached hydrogens (tertiary/aromatic N) is 6. The summed E-state index contributed by atoms with van der Waals surface area (Å²) in [5.74, 6) is 0.829. The average Bonchev–Trinajstić information content (AvgIpc) is 3.92. The summed E-state index contributed by atoms with van der Waals surface area (Å²) in [7, 11) is -5.64. The van der Waals surface area contributed by atoms with Crippen LogP contribution in [0, 0.1) is 0 Å². The van der Waals surface area contributed by atoms with Crippen molar-refractivity contribution < 1.29 is 21.6 Å². The van der Waals surface area contributed by atoms with Crippen LogP contribution in [0.25, 0.3) is 0 Å². The van der Waals surface area contributed by atoms with E-state index in [1.807, 2.05) is 53.9 Å². The van der Waals surface area contributed by atoms with Crippen LogP contribution in [0.4, 0.5) is 10.3 Å². The molecule has 2 fully saturated rings. The zero-order chi connectivity index (χ0) is 43.3. The highest BCUT2D eigenvalue weighted by Gasteiger charge is 2.31. The molecule has 2 aliphatic rings. The molecule has 322 valence electrons. The van der Waals surface area contributed by atoms with E-state index in [0.717, 1.165) is 51.4 Å². The molecule has 0 bridgehead atoms. The molecule has 0 radical (unpaired) electrons. The Labute approximate surface area is 389 Å².